The Bertz CT molecular complexity index is 915. The van der Waals surface area contributed by atoms with E-state index in [0.29, 0.717) is 16.8 Å². The second-order valence-corrected chi connectivity index (χ2v) is 7.48. The Labute approximate surface area is 151 Å². The molecule has 0 unspecified atom stereocenters. The number of hydrogen-bond donors (Lipinski definition) is 1. The Morgan fingerprint density at radius 2 is 2.00 bits per heavy atom. The van der Waals surface area contributed by atoms with Crippen LogP contribution in [0.5, 0.6) is 5.75 Å². The molecule has 25 heavy (non-hydrogen) atoms. The molecule has 3 aromatic rings. The minimum absolute atomic E-state index is 0.0324. The average Bonchev–Trinajstić information content (AvgIpc) is 2.96. The molecule has 1 amide bonds. The lowest BCUT2D eigenvalue weighted by molar-refractivity contribution is -0.118. The molecule has 0 fully saturated rings. The first-order valence-corrected chi connectivity index (χ1v) is 9.15. The number of nitrogens with one attached hydrogen (secondary N) is 1. The third-order valence-electron chi connectivity index (χ3n) is 4.10. The van der Waals surface area contributed by atoms with Gasteiger partial charge in [0, 0.05) is 0 Å². The molecule has 0 bridgehead atoms. The molecule has 0 aliphatic rings. The Balaban J connectivity index is 1.62. The van der Waals surface area contributed by atoms with Crippen molar-refractivity contribution in [3.05, 3.63) is 53.1 Å². The van der Waals surface area contributed by atoms with Gasteiger partial charge in [0.05, 0.1) is 10.2 Å². The van der Waals surface area contributed by atoms with Gasteiger partial charge in [0.2, 0.25) is 0 Å². The lowest BCUT2D eigenvalue weighted by Crippen LogP contribution is -2.20. The van der Waals surface area contributed by atoms with Crippen LogP contribution in [0.25, 0.3) is 10.2 Å². The average molecular weight is 354 g/mol. The third kappa shape index (κ3) is 3.99. The number of benzene rings is 2. The van der Waals surface area contributed by atoms with Gasteiger partial charge in [-0.05, 0) is 54.7 Å². The molecule has 0 aliphatic heterocycles. The normalized spacial score (nSPS) is 11.1. The SMILES string of the molecule is Cc1cc(OCC(=O)Nc2nc3c(C)cccc3s2)ccc1C(C)C. The molecule has 0 radical (unpaired) electrons. The molecular weight excluding hydrogens is 332 g/mol. The summed E-state index contributed by atoms with van der Waals surface area (Å²) in [6.45, 7) is 8.37. The minimum atomic E-state index is -0.206. The largest absolute Gasteiger partial charge is 0.484 e. The number of aryl methyl sites for hydroxylation is 2. The second-order valence-electron chi connectivity index (χ2n) is 6.45. The summed E-state index contributed by atoms with van der Waals surface area (Å²) >= 11 is 1.47. The quantitative estimate of drug-likeness (QED) is 0.697. The fourth-order valence-electron chi connectivity index (χ4n) is 2.83. The number of carbonyl (C=O) groups is 1. The summed E-state index contributed by atoms with van der Waals surface area (Å²) in [5, 5.41) is 3.42. The first kappa shape index (κ1) is 17.4. The van der Waals surface area contributed by atoms with Gasteiger partial charge in [-0.15, -0.1) is 0 Å². The third-order valence-corrected chi connectivity index (χ3v) is 5.04. The molecule has 4 nitrogen and oxygen atoms in total. The van der Waals surface area contributed by atoms with Gasteiger partial charge in [-0.2, -0.15) is 0 Å². The molecule has 0 saturated carbocycles. The van der Waals surface area contributed by atoms with Crippen molar-refractivity contribution < 1.29 is 9.53 Å². The van der Waals surface area contributed by atoms with Gasteiger partial charge in [-0.25, -0.2) is 4.98 Å². The van der Waals surface area contributed by atoms with E-state index >= 15 is 0 Å². The van der Waals surface area contributed by atoms with Crippen molar-refractivity contribution >= 4 is 32.6 Å². The maximum absolute atomic E-state index is 12.1. The summed E-state index contributed by atoms with van der Waals surface area (Å²) in [4.78, 5) is 16.6. The highest BCUT2D eigenvalue weighted by Crippen LogP contribution is 2.28. The highest BCUT2D eigenvalue weighted by molar-refractivity contribution is 7.22. The van der Waals surface area contributed by atoms with Crippen LogP contribution >= 0.6 is 11.3 Å². The van der Waals surface area contributed by atoms with Crippen molar-refractivity contribution in [2.24, 2.45) is 0 Å². The zero-order valence-electron chi connectivity index (χ0n) is 14.9. The van der Waals surface area contributed by atoms with E-state index < -0.39 is 0 Å². The van der Waals surface area contributed by atoms with Crippen LogP contribution in [0.4, 0.5) is 5.13 Å². The highest BCUT2D eigenvalue weighted by atomic mass is 32.1. The lowest BCUT2D eigenvalue weighted by atomic mass is 9.98. The number of aromatic nitrogens is 1. The summed E-state index contributed by atoms with van der Waals surface area (Å²) < 4.78 is 6.68. The van der Waals surface area contributed by atoms with E-state index in [1.165, 1.54) is 22.5 Å². The van der Waals surface area contributed by atoms with Crippen molar-refractivity contribution in [2.45, 2.75) is 33.6 Å². The van der Waals surface area contributed by atoms with Crippen LogP contribution in [0.3, 0.4) is 0 Å². The number of hydrogen-bond acceptors (Lipinski definition) is 4. The van der Waals surface area contributed by atoms with Crippen LogP contribution in [-0.4, -0.2) is 17.5 Å². The molecule has 3 rings (SSSR count). The van der Waals surface area contributed by atoms with Crippen LogP contribution in [0.1, 0.15) is 36.5 Å². The van der Waals surface area contributed by atoms with Crippen LogP contribution in [0.2, 0.25) is 0 Å². The minimum Gasteiger partial charge on any atom is -0.484 e. The van der Waals surface area contributed by atoms with Gasteiger partial charge in [-0.1, -0.05) is 43.4 Å². The van der Waals surface area contributed by atoms with Gasteiger partial charge < -0.3 is 4.74 Å². The predicted octanol–water partition coefficient (Wildman–Crippen LogP) is 5.05. The monoisotopic (exact) mass is 354 g/mol. The molecule has 1 aromatic heterocycles. The zero-order valence-corrected chi connectivity index (χ0v) is 15.7. The number of anilines is 1. The fourth-order valence-corrected chi connectivity index (χ4v) is 3.79. The van der Waals surface area contributed by atoms with Crippen LogP contribution < -0.4 is 10.1 Å². The Kier molecular flexibility index (Phi) is 5.04. The van der Waals surface area contributed by atoms with E-state index in [0.717, 1.165) is 15.8 Å². The standard InChI is InChI=1S/C20H22N2O2S/c1-12(2)16-9-8-15(10-14(16)4)24-11-18(23)21-20-22-19-13(3)6-5-7-17(19)25-20/h5-10,12H,11H2,1-4H3,(H,21,22,23). The number of amides is 1. The molecule has 0 spiro atoms. The second kappa shape index (κ2) is 7.23. The Morgan fingerprint density at radius 3 is 2.68 bits per heavy atom. The molecule has 0 saturated heterocycles. The number of rotatable bonds is 5. The van der Waals surface area contributed by atoms with E-state index in [9.17, 15) is 4.79 Å². The number of nitrogens with zero attached hydrogens (tertiary/aromatic N) is 1. The van der Waals surface area contributed by atoms with Gasteiger partial charge in [0.1, 0.15) is 5.75 Å². The first-order chi connectivity index (χ1) is 11.9. The number of thiazole rings is 1. The van der Waals surface area contributed by atoms with Gasteiger partial charge in [-0.3, -0.25) is 10.1 Å². The smallest absolute Gasteiger partial charge is 0.264 e. The Hall–Kier alpha value is -2.40. The molecular formula is C20H22N2O2S. The molecule has 2 aromatic carbocycles. The van der Waals surface area contributed by atoms with E-state index in [4.69, 9.17) is 4.74 Å². The fraction of sp³-hybridized carbons (Fsp3) is 0.300. The van der Waals surface area contributed by atoms with Crippen molar-refractivity contribution in [3.63, 3.8) is 0 Å². The lowest BCUT2D eigenvalue weighted by Gasteiger charge is -2.12. The van der Waals surface area contributed by atoms with Crippen molar-refractivity contribution in [3.8, 4) is 5.75 Å². The van der Waals surface area contributed by atoms with Gasteiger partial charge >= 0.3 is 0 Å². The number of fused-ring (bicyclic) bond motifs is 1. The summed E-state index contributed by atoms with van der Waals surface area (Å²) in [5.74, 6) is 0.972. The van der Waals surface area contributed by atoms with Gasteiger partial charge in [0.15, 0.2) is 11.7 Å². The van der Waals surface area contributed by atoms with Crippen molar-refractivity contribution in [1.29, 1.82) is 0 Å². The molecule has 1 N–H and O–H groups in total. The number of carbonyl (C=O) groups excluding carboxylic acids is 1. The van der Waals surface area contributed by atoms with Crippen LogP contribution in [0, 0.1) is 13.8 Å². The summed E-state index contributed by atoms with van der Waals surface area (Å²) in [6.07, 6.45) is 0. The van der Waals surface area contributed by atoms with E-state index in [-0.39, 0.29) is 12.5 Å². The Morgan fingerprint density at radius 1 is 1.20 bits per heavy atom. The van der Waals surface area contributed by atoms with E-state index in [2.05, 4.69) is 37.1 Å². The molecule has 0 atom stereocenters. The molecule has 0 aliphatic carbocycles. The summed E-state index contributed by atoms with van der Waals surface area (Å²) in [6, 6.07) is 12.0. The summed E-state index contributed by atoms with van der Waals surface area (Å²) in [5.41, 5.74) is 4.51. The molecule has 130 valence electrons. The van der Waals surface area contributed by atoms with Crippen molar-refractivity contribution in [2.75, 3.05) is 11.9 Å². The van der Waals surface area contributed by atoms with Crippen LogP contribution in [-0.2, 0) is 4.79 Å². The van der Waals surface area contributed by atoms with Crippen LogP contribution in [0.15, 0.2) is 36.4 Å². The molecule has 1 heterocycles. The van der Waals surface area contributed by atoms with Crippen molar-refractivity contribution in [1.82, 2.24) is 4.98 Å². The topological polar surface area (TPSA) is 51.2 Å². The molecule has 5 heteroatoms. The predicted molar refractivity (Wildman–Crippen MR) is 104 cm³/mol. The van der Waals surface area contributed by atoms with E-state index in [1.54, 1.807) is 0 Å². The van der Waals surface area contributed by atoms with E-state index in [1.807, 2.05) is 37.3 Å². The number of para-hydroxylation sites is 1. The maximum Gasteiger partial charge on any atom is 0.264 e. The number of ether oxygens (including phenoxy) is 1. The van der Waals surface area contributed by atoms with Gasteiger partial charge in [0.25, 0.3) is 5.91 Å². The first-order valence-electron chi connectivity index (χ1n) is 8.33. The maximum atomic E-state index is 12.1. The highest BCUT2D eigenvalue weighted by Gasteiger charge is 2.10. The summed E-state index contributed by atoms with van der Waals surface area (Å²) in [7, 11) is 0. The zero-order chi connectivity index (χ0) is 18.0.